The van der Waals surface area contributed by atoms with Crippen LogP contribution in [0.25, 0.3) is 0 Å². The van der Waals surface area contributed by atoms with Crippen molar-refractivity contribution in [1.29, 1.82) is 5.26 Å². The molecule has 5 nitrogen and oxygen atoms in total. The zero-order valence-corrected chi connectivity index (χ0v) is 12.7. The molecule has 2 rings (SSSR count). The van der Waals surface area contributed by atoms with Crippen LogP contribution in [0.1, 0.15) is 34.8 Å². The fourth-order valence-corrected chi connectivity index (χ4v) is 2.92. The highest BCUT2D eigenvalue weighted by atomic mass is 35.5. The lowest BCUT2D eigenvalue weighted by Crippen LogP contribution is -2.29. The molecule has 0 aliphatic carbocycles. The smallest absolute Gasteiger partial charge is 0.305 e. The number of rotatable bonds is 4. The van der Waals surface area contributed by atoms with Gasteiger partial charge in [0.2, 0.25) is 0 Å². The minimum atomic E-state index is -0.755. The van der Waals surface area contributed by atoms with Gasteiger partial charge in [-0.2, -0.15) is 5.26 Å². The molecule has 0 saturated carbocycles. The molecule has 0 bridgehead atoms. The summed E-state index contributed by atoms with van der Waals surface area (Å²) in [5.74, 6) is -0.653. The molecule has 21 heavy (non-hydrogen) atoms. The molecule has 110 valence electrons. The normalized spacial score (nSPS) is 16.6. The lowest BCUT2D eigenvalue weighted by atomic mass is 10.1. The average Bonchev–Trinajstić information content (AvgIpc) is 2.72. The fraction of sp³-hybridized carbons (Fsp3) is 0.357. The number of carbonyl (C=O) groups is 2. The minimum absolute atomic E-state index is 0.184. The van der Waals surface area contributed by atoms with Crippen molar-refractivity contribution in [3.63, 3.8) is 0 Å². The van der Waals surface area contributed by atoms with Crippen LogP contribution < -0.4 is 0 Å². The number of ether oxygens (including phenoxy) is 1. The molecule has 1 atom stereocenters. The maximum atomic E-state index is 12.4. The fourth-order valence-electron chi connectivity index (χ4n) is 2.33. The largest absolute Gasteiger partial charge is 0.469 e. The van der Waals surface area contributed by atoms with E-state index >= 15 is 0 Å². The van der Waals surface area contributed by atoms with Crippen LogP contribution in [0.5, 0.6) is 0 Å². The van der Waals surface area contributed by atoms with Gasteiger partial charge >= 0.3 is 5.97 Å². The summed E-state index contributed by atoms with van der Waals surface area (Å²) in [5.41, 5.74) is 0.823. The van der Waals surface area contributed by atoms with Gasteiger partial charge in [-0.1, -0.05) is 23.2 Å². The first-order valence-corrected chi connectivity index (χ1v) is 7.01. The van der Waals surface area contributed by atoms with Crippen molar-refractivity contribution in [2.24, 2.45) is 0 Å². The van der Waals surface area contributed by atoms with Crippen LogP contribution in [0.3, 0.4) is 0 Å². The lowest BCUT2D eigenvalue weighted by Gasteiger charge is -2.19. The first kappa shape index (κ1) is 15.6. The van der Waals surface area contributed by atoms with Gasteiger partial charge in [0.05, 0.1) is 13.2 Å². The van der Waals surface area contributed by atoms with Crippen molar-refractivity contribution in [3.8, 4) is 6.07 Å². The number of fused-ring (bicyclic) bond motifs is 1. The standard InChI is InChI=1S/C14H12Cl2N2O3/c1-21-12(19)3-2-4-18-11(7-17)13-9(14(18)20)5-8(15)6-10(13)16/h5-6,11H,2-4H2,1H3. The lowest BCUT2D eigenvalue weighted by molar-refractivity contribution is -0.140. The number of amides is 1. The third-order valence-electron chi connectivity index (χ3n) is 3.30. The Bertz CT molecular complexity index is 640. The Morgan fingerprint density at radius 1 is 1.48 bits per heavy atom. The Kier molecular flexibility index (Phi) is 4.71. The van der Waals surface area contributed by atoms with Gasteiger partial charge in [-0.05, 0) is 18.6 Å². The molecule has 1 heterocycles. The Hall–Kier alpha value is -1.77. The van der Waals surface area contributed by atoms with Crippen molar-refractivity contribution < 1.29 is 14.3 Å². The van der Waals surface area contributed by atoms with Crippen molar-refractivity contribution in [2.45, 2.75) is 18.9 Å². The van der Waals surface area contributed by atoms with Crippen molar-refractivity contribution in [1.82, 2.24) is 4.90 Å². The number of hydrogen-bond acceptors (Lipinski definition) is 4. The van der Waals surface area contributed by atoms with Gasteiger partial charge in [0.15, 0.2) is 0 Å². The zero-order chi connectivity index (χ0) is 15.6. The van der Waals surface area contributed by atoms with E-state index in [0.29, 0.717) is 27.6 Å². The molecule has 0 N–H and O–H groups in total. The summed E-state index contributed by atoms with van der Waals surface area (Å²) in [7, 11) is 1.30. The molecule has 0 saturated heterocycles. The summed E-state index contributed by atoms with van der Waals surface area (Å²) >= 11 is 12.0. The molecule has 1 aromatic carbocycles. The maximum Gasteiger partial charge on any atom is 0.305 e. The van der Waals surface area contributed by atoms with Crippen molar-refractivity contribution >= 4 is 35.1 Å². The molecule has 7 heteroatoms. The molecule has 1 aliphatic rings. The van der Waals surface area contributed by atoms with E-state index < -0.39 is 6.04 Å². The number of hydrogen-bond donors (Lipinski definition) is 0. The number of esters is 1. The molecule has 0 radical (unpaired) electrons. The van der Waals surface area contributed by atoms with Crippen LogP contribution in [0.2, 0.25) is 10.0 Å². The maximum absolute atomic E-state index is 12.4. The van der Waals surface area contributed by atoms with Crippen LogP contribution in [0, 0.1) is 11.3 Å². The Morgan fingerprint density at radius 3 is 2.81 bits per heavy atom. The van der Waals surface area contributed by atoms with Crippen molar-refractivity contribution in [3.05, 3.63) is 33.3 Å². The molecule has 0 aromatic heterocycles. The summed E-state index contributed by atoms with van der Waals surface area (Å²) in [6, 6.07) is 4.34. The third-order valence-corrected chi connectivity index (χ3v) is 3.83. The summed E-state index contributed by atoms with van der Waals surface area (Å²) in [6.07, 6.45) is 0.596. The predicted molar refractivity (Wildman–Crippen MR) is 77.1 cm³/mol. The molecule has 0 fully saturated rings. The first-order chi connectivity index (χ1) is 9.99. The van der Waals surface area contributed by atoms with Gasteiger partial charge in [0, 0.05) is 34.1 Å². The van der Waals surface area contributed by atoms with Crippen LogP contribution in [-0.4, -0.2) is 30.4 Å². The second-order valence-corrected chi connectivity index (χ2v) is 5.40. The molecular formula is C14H12Cl2N2O3. The molecule has 1 unspecified atom stereocenters. The van der Waals surface area contributed by atoms with E-state index in [0.717, 1.165) is 0 Å². The molecule has 0 spiro atoms. The van der Waals surface area contributed by atoms with E-state index in [1.807, 2.05) is 0 Å². The van der Waals surface area contributed by atoms with Gasteiger partial charge in [0.25, 0.3) is 5.91 Å². The number of nitrogens with zero attached hydrogens (tertiary/aromatic N) is 2. The summed E-state index contributed by atoms with van der Waals surface area (Å²) in [6.45, 7) is 0.273. The molecule has 1 aliphatic heterocycles. The highest BCUT2D eigenvalue weighted by Crippen LogP contribution is 2.39. The van der Waals surface area contributed by atoms with E-state index in [2.05, 4.69) is 10.8 Å². The van der Waals surface area contributed by atoms with Crippen LogP contribution in [-0.2, 0) is 9.53 Å². The van der Waals surface area contributed by atoms with Gasteiger partial charge < -0.3 is 9.64 Å². The second kappa shape index (κ2) is 6.33. The second-order valence-electron chi connectivity index (χ2n) is 4.56. The SMILES string of the molecule is COC(=O)CCCN1C(=O)c2cc(Cl)cc(Cl)c2C1C#N. The van der Waals surface area contributed by atoms with Gasteiger partial charge in [-0.25, -0.2) is 0 Å². The predicted octanol–water partition coefficient (Wildman–Crippen LogP) is 2.97. The quantitative estimate of drug-likeness (QED) is 0.797. The van der Waals surface area contributed by atoms with Gasteiger partial charge in [-0.3, -0.25) is 9.59 Å². The zero-order valence-electron chi connectivity index (χ0n) is 11.2. The molecular weight excluding hydrogens is 315 g/mol. The third kappa shape index (κ3) is 2.97. The topological polar surface area (TPSA) is 70.4 Å². The van der Waals surface area contributed by atoms with Gasteiger partial charge in [0.1, 0.15) is 6.04 Å². The molecule has 1 aromatic rings. The summed E-state index contributed by atoms with van der Waals surface area (Å²) in [4.78, 5) is 24.9. The van der Waals surface area contributed by atoms with Gasteiger partial charge in [-0.15, -0.1) is 0 Å². The summed E-state index contributed by atoms with van der Waals surface area (Å²) in [5, 5.41) is 9.97. The number of carbonyl (C=O) groups excluding carboxylic acids is 2. The van der Waals surface area contributed by atoms with E-state index in [1.165, 1.54) is 24.1 Å². The number of methoxy groups -OCH3 is 1. The highest BCUT2D eigenvalue weighted by Gasteiger charge is 2.38. The van der Waals surface area contributed by atoms with E-state index in [4.69, 9.17) is 23.2 Å². The number of benzene rings is 1. The van der Waals surface area contributed by atoms with Crippen LogP contribution in [0.4, 0.5) is 0 Å². The average molecular weight is 327 g/mol. The Balaban J connectivity index is 2.22. The van der Waals surface area contributed by atoms with Crippen LogP contribution in [0.15, 0.2) is 12.1 Å². The van der Waals surface area contributed by atoms with Crippen LogP contribution >= 0.6 is 23.2 Å². The number of halogens is 2. The van der Waals surface area contributed by atoms with E-state index in [1.54, 1.807) is 0 Å². The van der Waals surface area contributed by atoms with E-state index in [-0.39, 0.29) is 24.8 Å². The molecule has 1 amide bonds. The first-order valence-electron chi connectivity index (χ1n) is 6.26. The summed E-state index contributed by atoms with van der Waals surface area (Å²) < 4.78 is 4.55. The Labute approximate surface area is 132 Å². The monoisotopic (exact) mass is 326 g/mol. The Morgan fingerprint density at radius 2 is 2.19 bits per heavy atom. The number of nitriles is 1. The van der Waals surface area contributed by atoms with Crippen molar-refractivity contribution in [2.75, 3.05) is 13.7 Å². The highest BCUT2D eigenvalue weighted by molar-refractivity contribution is 6.36. The van der Waals surface area contributed by atoms with E-state index in [9.17, 15) is 14.9 Å². The minimum Gasteiger partial charge on any atom is -0.469 e.